The van der Waals surface area contributed by atoms with Gasteiger partial charge < -0.3 is 10.6 Å². The third kappa shape index (κ3) is 4.71. The number of hydrogen-bond donors (Lipinski definition) is 2. The van der Waals surface area contributed by atoms with Crippen molar-refractivity contribution in [2.45, 2.75) is 32.4 Å². The zero-order valence-electron chi connectivity index (χ0n) is 16.2. The van der Waals surface area contributed by atoms with Crippen molar-refractivity contribution >= 4 is 17.5 Å². The molecule has 2 amide bonds. The molecule has 2 heterocycles. The number of anilines is 1. The van der Waals surface area contributed by atoms with Gasteiger partial charge in [-0.15, -0.1) is 0 Å². The molecule has 4 rings (SSSR count). The smallest absolute Gasteiger partial charge is 0.227 e. The van der Waals surface area contributed by atoms with Crippen LogP contribution in [0.3, 0.4) is 0 Å². The van der Waals surface area contributed by atoms with E-state index in [2.05, 4.69) is 15.7 Å². The van der Waals surface area contributed by atoms with Crippen LogP contribution < -0.4 is 10.6 Å². The first-order valence-electron chi connectivity index (χ1n) is 9.89. The molecule has 1 atom stereocenters. The van der Waals surface area contributed by atoms with E-state index in [0.29, 0.717) is 32.4 Å². The van der Waals surface area contributed by atoms with Crippen LogP contribution >= 0.6 is 0 Å². The fraction of sp³-hybridized carbons (Fsp3) is 0.261. The molecule has 6 heteroatoms. The Morgan fingerprint density at radius 2 is 1.90 bits per heavy atom. The summed E-state index contributed by atoms with van der Waals surface area (Å²) >= 11 is 0. The van der Waals surface area contributed by atoms with Crippen LogP contribution in [0.25, 0.3) is 0 Å². The summed E-state index contributed by atoms with van der Waals surface area (Å²) in [6, 6.07) is 17.7. The molecule has 0 saturated heterocycles. The second kappa shape index (κ2) is 8.73. The molecule has 148 valence electrons. The minimum Gasteiger partial charge on any atom is -0.352 e. The van der Waals surface area contributed by atoms with E-state index >= 15 is 0 Å². The van der Waals surface area contributed by atoms with Crippen LogP contribution in [0.1, 0.15) is 29.5 Å². The van der Waals surface area contributed by atoms with Crippen LogP contribution in [-0.4, -0.2) is 21.6 Å². The van der Waals surface area contributed by atoms with E-state index in [9.17, 15) is 9.59 Å². The van der Waals surface area contributed by atoms with Crippen LogP contribution in [0.2, 0.25) is 0 Å². The van der Waals surface area contributed by atoms with Gasteiger partial charge in [-0.2, -0.15) is 5.10 Å². The minimum absolute atomic E-state index is 0.000989. The number of nitrogens with zero attached hydrogens (tertiary/aromatic N) is 2. The Kier molecular flexibility index (Phi) is 5.70. The van der Waals surface area contributed by atoms with Crippen molar-refractivity contribution < 1.29 is 9.59 Å². The van der Waals surface area contributed by atoms with Crippen molar-refractivity contribution in [3.8, 4) is 0 Å². The molecule has 0 spiro atoms. The highest BCUT2D eigenvalue weighted by molar-refractivity contribution is 5.96. The lowest BCUT2D eigenvalue weighted by atomic mass is 9.89. The number of para-hydroxylation sites is 1. The van der Waals surface area contributed by atoms with Gasteiger partial charge in [-0.25, -0.2) is 0 Å². The van der Waals surface area contributed by atoms with Crippen molar-refractivity contribution in [3.05, 3.63) is 83.7 Å². The molecular weight excluding hydrogens is 364 g/mol. The molecule has 2 N–H and O–H groups in total. The molecule has 0 bridgehead atoms. The van der Waals surface area contributed by atoms with Gasteiger partial charge in [-0.05, 0) is 41.7 Å². The van der Waals surface area contributed by atoms with Gasteiger partial charge in [0.25, 0.3) is 0 Å². The Morgan fingerprint density at radius 1 is 1.10 bits per heavy atom. The summed E-state index contributed by atoms with van der Waals surface area (Å²) in [4.78, 5) is 24.7. The van der Waals surface area contributed by atoms with Crippen LogP contribution in [0.5, 0.6) is 0 Å². The zero-order valence-corrected chi connectivity index (χ0v) is 16.2. The highest BCUT2D eigenvalue weighted by Crippen LogP contribution is 2.27. The van der Waals surface area contributed by atoms with Gasteiger partial charge in [0.2, 0.25) is 11.8 Å². The highest BCUT2D eigenvalue weighted by Gasteiger charge is 2.26. The molecule has 0 fully saturated rings. The van der Waals surface area contributed by atoms with E-state index in [0.717, 1.165) is 22.4 Å². The number of benzene rings is 2. The van der Waals surface area contributed by atoms with Gasteiger partial charge >= 0.3 is 0 Å². The predicted molar refractivity (Wildman–Crippen MR) is 111 cm³/mol. The van der Waals surface area contributed by atoms with Crippen LogP contribution in [0, 0.1) is 5.92 Å². The predicted octanol–water partition coefficient (Wildman–Crippen LogP) is 3.14. The fourth-order valence-corrected chi connectivity index (χ4v) is 3.69. The average molecular weight is 388 g/mol. The van der Waals surface area contributed by atoms with Crippen LogP contribution in [-0.2, 0) is 29.1 Å². The van der Waals surface area contributed by atoms with Crippen molar-refractivity contribution in [1.29, 1.82) is 0 Å². The third-order valence-corrected chi connectivity index (χ3v) is 5.32. The number of amides is 2. The van der Waals surface area contributed by atoms with E-state index < -0.39 is 0 Å². The van der Waals surface area contributed by atoms with Gasteiger partial charge in [-0.3, -0.25) is 14.3 Å². The SMILES string of the molecule is O=C(CC[C@H]1Cc2ccccc2NC1=O)NCc1ccccc1Cn1cccn1. The van der Waals surface area contributed by atoms with E-state index in [1.807, 2.05) is 65.5 Å². The average Bonchev–Trinajstić information content (AvgIpc) is 3.24. The second-order valence-corrected chi connectivity index (χ2v) is 7.34. The number of aromatic nitrogens is 2. The molecule has 29 heavy (non-hydrogen) atoms. The molecule has 2 aromatic carbocycles. The Balaban J connectivity index is 1.29. The maximum absolute atomic E-state index is 12.4. The second-order valence-electron chi connectivity index (χ2n) is 7.34. The van der Waals surface area contributed by atoms with Crippen molar-refractivity contribution in [2.75, 3.05) is 5.32 Å². The number of carbonyl (C=O) groups is 2. The summed E-state index contributed by atoms with van der Waals surface area (Å²) in [5.41, 5.74) is 4.21. The molecule has 0 aliphatic carbocycles. The lowest BCUT2D eigenvalue weighted by Crippen LogP contribution is -2.31. The van der Waals surface area contributed by atoms with E-state index in [4.69, 9.17) is 0 Å². The molecular formula is C23H24N4O2. The Bertz CT molecular complexity index is 998. The first kappa shape index (κ1) is 18.9. The summed E-state index contributed by atoms with van der Waals surface area (Å²) in [6.45, 7) is 1.14. The van der Waals surface area contributed by atoms with Gasteiger partial charge in [0, 0.05) is 37.0 Å². The standard InChI is InChI=1S/C23H24N4O2/c28-22(11-10-18-14-17-6-3-4-9-21(17)26-23(18)29)24-15-19-7-1-2-8-20(19)16-27-13-5-12-25-27/h1-9,12-13,18H,10-11,14-16H2,(H,24,28)(H,26,29)/t18-/m0/s1. The lowest BCUT2D eigenvalue weighted by molar-refractivity contribution is -0.122. The Labute approximate surface area is 169 Å². The van der Waals surface area contributed by atoms with Gasteiger partial charge in [0.05, 0.1) is 6.54 Å². The molecule has 1 aromatic heterocycles. The monoisotopic (exact) mass is 388 g/mol. The first-order chi connectivity index (χ1) is 14.2. The number of hydrogen-bond acceptors (Lipinski definition) is 3. The molecule has 0 unspecified atom stereocenters. The van der Waals surface area contributed by atoms with E-state index in [-0.39, 0.29) is 17.7 Å². The molecule has 1 aliphatic heterocycles. The van der Waals surface area contributed by atoms with E-state index in [1.54, 1.807) is 6.20 Å². The molecule has 0 radical (unpaired) electrons. The lowest BCUT2D eigenvalue weighted by Gasteiger charge is -2.24. The summed E-state index contributed by atoms with van der Waals surface area (Å²) in [5, 5.41) is 10.2. The summed E-state index contributed by atoms with van der Waals surface area (Å²) < 4.78 is 1.86. The largest absolute Gasteiger partial charge is 0.352 e. The summed E-state index contributed by atoms with van der Waals surface area (Å²) in [7, 11) is 0. The maximum atomic E-state index is 12.4. The molecule has 3 aromatic rings. The van der Waals surface area contributed by atoms with Crippen molar-refractivity contribution in [1.82, 2.24) is 15.1 Å². The van der Waals surface area contributed by atoms with Gasteiger partial charge in [0.15, 0.2) is 0 Å². The Hall–Kier alpha value is -3.41. The van der Waals surface area contributed by atoms with Gasteiger partial charge in [-0.1, -0.05) is 42.5 Å². The first-order valence-corrected chi connectivity index (χ1v) is 9.89. The van der Waals surface area contributed by atoms with Crippen LogP contribution in [0.15, 0.2) is 67.0 Å². The number of rotatable bonds is 7. The van der Waals surface area contributed by atoms with Crippen molar-refractivity contribution in [2.24, 2.45) is 5.92 Å². The minimum atomic E-state index is -0.164. The van der Waals surface area contributed by atoms with E-state index in [1.165, 1.54) is 0 Å². The number of fused-ring (bicyclic) bond motifs is 1. The quantitative estimate of drug-likeness (QED) is 0.653. The topological polar surface area (TPSA) is 76.0 Å². The summed E-state index contributed by atoms with van der Waals surface area (Å²) in [6.07, 6.45) is 5.23. The number of carbonyl (C=O) groups excluding carboxylic acids is 2. The highest BCUT2D eigenvalue weighted by atomic mass is 16.2. The molecule has 0 saturated carbocycles. The Morgan fingerprint density at radius 3 is 2.72 bits per heavy atom. The van der Waals surface area contributed by atoms with Crippen LogP contribution in [0.4, 0.5) is 5.69 Å². The zero-order chi connectivity index (χ0) is 20.1. The molecule has 1 aliphatic rings. The normalized spacial score (nSPS) is 15.4. The van der Waals surface area contributed by atoms with Crippen molar-refractivity contribution in [3.63, 3.8) is 0 Å². The summed E-state index contributed by atoms with van der Waals surface area (Å²) in [5.74, 6) is -0.200. The fourth-order valence-electron chi connectivity index (χ4n) is 3.69. The molecule has 6 nitrogen and oxygen atoms in total. The number of nitrogens with one attached hydrogen (secondary N) is 2. The third-order valence-electron chi connectivity index (χ3n) is 5.32. The van der Waals surface area contributed by atoms with Gasteiger partial charge in [0.1, 0.15) is 0 Å². The maximum Gasteiger partial charge on any atom is 0.227 e.